The fraction of sp³-hybridized carbons (Fsp3) is 0.433. The minimum atomic E-state index is -1.30. The molecule has 232 valence electrons. The third-order valence-corrected chi connectivity index (χ3v) is 7.74. The monoisotopic (exact) mass is 604 g/mol. The van der Waals surface area contributed by atoms with Gasteiger partial charge in [-0.15, -0.1) is 0 Å². The molecule has 1 unspecified atom stereocenters. The van der Waals surface area contributed by atoms with E-state index in [2.05, 4.69) is 10.2 Å². The maximum Gasteiger partial charge on any atom is 0.341 e. The first-order valence-electron chi connectivity index (χ1n) is 13.8. The van der Waals surface area contributed by atoms with Crippen LogP contribution in [0.4, 0.5) is 18.0 Å². The van der Waals surface area contributed by atoms with E-state index in [4.69, 9.17) is 14.2 Å². The number of methoxy groups -OCH3 is 3. The predicted octanol–water partition coefficient (Wildman–Crippen LogP) is 3.90. The van der Waals surface area contributed by atoms with Crippen molar-refractivity contribution in [2.24, 2.45) is 0 Å². The van der Waals surface area contributed by atoms with E-state index in [0.717, 1.165) is 60.8 Å². The number of rotatable bonds is 12. The van der Waals surface area contributed by atoms with Gasteiger partial charge in [0.25, 0.3) is 0 Å². The van der Waals surface area contributed by atoms with Crippen molar-refractivity contribution in [3.8, 4) is 5.75 Å². The normalized spacial score (nSPS) is 18.0. The predicted molar refractivity (Wildman–Crippen MR) is 149 cm³/mol. The number of carbonyl (C=O) groups is 3. The molecule has 0 saturated carbocycles. The van der Waals surface area contributed by atoms with Crippen LogP contribution in [0.2, 0.25) is 0 Å². The largest absolute Gasteiger partial charge is 0.496 e. The number of esters is 1. The van der Waals surface area contributed by atoms with Crippen LogP contribution in [0.5, 0.6) is 5.75 Å². The third-order valence-electron chi connectivity index (χ3n) is 7.74. The number of nitrogens with one attached hydrogen (secondary N) is 1. The highest BCUT2D eigenvalue weighted by Gasteiger charge is 2.42. The molecule has 0 bridgehead atoms. The number of amides is 3. The van der Waals surface area contributed by atoms with Crippen molar-refractivity contribution in [2.75, 3.05) is 54.1 Å². The Morgan fingerprint density at radius 3 is 2.44 bits per heavy atom. The maximum atomic E-state index is 14.3. The second-order valence-corrected chi connectivity index (χ2v) is 10.3. The summed E-state index contributed by atoms with van der Waals surface area (Å²) in [6, 6.07) is 5.46. The van der Waals surface area contributed by atoms with Gasteiger partial charge in [-0.25, -0.2) is 27.8 Å². The van der Waals surface area contributed by atoms with Gasteiger partial charge >= 0.3 is 12.0 Å². The lowest BCUT2D eigenvalue weighted by Gasteiger charge is -2.42. The van der Waals surface area contributed by atoms with Crippen molar-refractivity contribution < 1.29 is 41.8 Å². The van der Waals surface area contributed by atoms with Gasteiger partial charge in [-0.2, -0.15) is 0 Å². The molecule has 1 N–H and O–H groups in total. The van der Waals surface area contributed by atoms with E-state index in [1.807, 2.05) is 0 Å². The van der Waals surface area contributed by atoms with Crippen LogP contribution in [0.1, 0.15) is 42.3 Å². The minimum absolute atomic E-state index is 0.0597. The second-order valence-electron chi connectivity index (χ2n) is 10.3. The summed E-state index contributed by atoms with van der Waals surface area (Å²) in [5, 5.41) is 4.69. The summed E-state index contributed by atoms with van der Waals surface area (Å²) in [7, 11) is 4.07. The molecule has 0 radical (unpaired) electrons. The zero-order valence-electron chi connectivity index (χ0n) is 24.3. The van der Waals surface area contributed by atoms with Crippen LogP contribution < -0.4 is 10.1 Å². The highest BCUT2D eigenvalue weighted by Crippen LogP contribution is 2.37. The SMILES string of the molecule is COCC1=C(C(=O)OC)C(c2ccc(F)c(F)c2)N(N(C=O)CCCN2CCC(c3cc(F)ccc3OC)CC2)C(=O)N1. The quantitative estimate of drug-likeness (QED) is 0.290. The molecule has 43 heavy (non-hydrogen) atoms. The lowest BCUT2D eigenvalue weighted by molar-refractivity contribution is -0.141. The van der Waals surface area contributed by atoms with Gasteiger partial charge in [0.05, 0.1) is 32.1 Å². The molecule has 10 nitrogen and oxygen atoms in total. The summed E-state index contributed by atoms with van der Waals surface area (Å²) in [6.45, 7) is 1.98. The van der Waals surface area contributed by atoms with Gasteiger partial charge in [0.2, 0.25) is 6.41 Å². The average Bonchev–Trinajstić information content (AvgIpc) is 3.01. The zero-order valence-corrected chi connectivity index (χ0v) is 24.3. The van der Waals surface area contributed by atoms with E-state index in [9.17, 15) is 27.6 Å². The first-order valence-corrected chi connectivity index (χ1v) is 13.8. The molecular weight excluding hydrogens is 569 g/mol. The van der Waals surface area contributed by atoms with E-state index < -0.39 is 29.7 Å². The van der Waals surface area contributed by atoms with Gasteiger partial charge in [-0.3, -0.25) is 9.80 Å². The molecule has 2 aromatic carbocycles. The molecule has 13 heteroatoms. The maximum absolute atomic E-state index is 14.3. The topological polar surface area (TPSA) is 101 Å². The number of benzene rings is 2. The lowest BCUT2D eigenvalue weighted by Crippen LogP contribution is -2.57. The molecule has 2 aliphatic heterocycles. The molecule has 0 spiro atoms. The van der Waals surface area contributed by atoms with Crippen LogP contribution in [0.25, 0.3) is 0 Å². The number of ether oxygens (including phenoxy) is 3. The van der Waals surface area contributed by atoms with Crippen LogP contribution in [-0.2, 0) is 19.1 Å². The van der Waals surface area contributed by atoms with Crippen LogP contribution in [0, 0.1) is 17.5 Å². The molecule has 1 atom stereocenters. The minimum Gasteiger partial charge on any atom is -0.496 e. The fourth-order valence-corrected chi connectivity index (χ4v) is 5.68. The Labute approximate surface area is 247 Å². The summed E-state index contributed by atoms with van der Waals surface area (Å²) < 4.78 is 57.6. The first-order chi connectivity index (χ1) is 20.7. The fourth-order valence-electron chi connectivity index (χ4n) is 5.68. The standard InChI is InChI=1S/C30H35F3N4O6/c1-41-17-25-27(29(39)43-3)28(20-5-7-23(32)24(33)15-20)37(30(40)34-25)36(18-38)12-4-11-35-13-9-19(10-14-35)22-16-21(31)6-8-26(22)42-2/h5-8,15-16,18-19,28H,4,9-14,17H2,1-3H3,(H,34,40). The number of nitrogens with zero attached hydrogens (tertiary/aromatic N) is 3. The summed E-state index contributed by atoms with van der Waals surface area (Å²) in [6.07, 6.45) is 2.49. The van der Waals surface area contributed by atoms with Crippen molar-refractivity contribution in [1.82, 2.24) is 20.2 Å². The molecule has 2 aromatic rings. The molecule has 2 aliphatic rings. The molecule has 4 rings (SSSR count). The smallest absolute Gasteiger partial charge is 0.341 e. The van der Waals surface area contributed by atoms with Crippen LogP contribution in [0.15, 0.2) is 47.7 Å². The summed E-state index contributed by atoms with van der Waals surface area (Å²) in [5.41, 5.74) is 0.895. The second kappa shape index (κ2) is 14.4. The molecule has 3 amide bonds. The summed E-state index contributed by atoms with van der Waals surface area (Å²) in [4.78, 5) is 40.8. The molecule has 0 aromatic heterocycles. The van der Waals surface area contributed by atoms with Crippen LogP contribution >= 0.6 is 0 Å². The zero-order chi connectivity index (χ0) is 31.1. The molecule has 2 heterocycles. The van der Waals surface area contributed by atoms with Crippen molar-refractivity contribution >= 4 is 18.4 Å². The van der Waals surface area contributed by atoms with Crippen LogP contribution in [0.3, 0.4) is 0 Å². The molecule has 1 fully saturated rings. The Morgan fingerprint density at radius 2 is 1.81 bits per heavy atom. The summed E-state index contributed by atoms with van der Waals surface area (Å²) in [5.74, 6) is -2.63. The number of hydrazine groups is 1. The highest BCUT2D eigenvalue weighted by molar-refractivity contribution is 5.95. The number of halogens is 3. The molecular formula is C30H35F3N4O6. The van der Waals surface area contributed by atoms with Crippen molar-refractivity contribution in [3.05, 3.63) is 76.2 Å². The third kappa shape index (κ3) is 7.11. The number of urea groups is 1. The van der Waals surface area contributed by atoms with E-state index in [-0.39, 0.29) is 41.7 Å². The van der Waals surface area contributed by atoms with Gasteiger partial charge in [-0.05, 0) is 80.7 Å². The van der Waals surface area contributed by atoms with Crippen molar-refractivity contribution in [3.63, 3.8) is 0 Å². The Bertz CT molecular complexity index is 1370. The van der Waals surface area contributed by atoms with Gasteiger partial charge in [0, 0.05) is 19.2 Å². The highest BCUT2D eigenvalue weighted by atomic mass is 19.2. The Morgan fingerprint density at radius 1 is 1.07 bits per heavy atom. The van der Waals surface area contributed by atoms with Gasteiger partial charge < -0.3 is 24.4 Å². The van der Waals surface area contributed by atoms with E-state index >= 15 is 0 Å². The number of hydrogen-bond acceptors (Lipinski definition) is 7. The van der Waals surface area contributed by atoms with Gasteiger partial charge in [0.1, 0.15) is 17.6 Å². The van der Waals surface area contributed by atoms with Gasteiger partial charge in [-0.1, -0.05) is 6.07 Å². The van der Waals surface area contributed by atoms with E-state index in [0.29, 0.717) is 25.1 Å². The number of likely N-dealkylation sites (tertiary alicyclic amines) is 1. The van der Waals surface area contributed by atoms with Gasteiger partial charge in [0.15, 0.2) is 11.6 Å². The van der Waals surface area contributed by atoms with E-state index in [1.165, 1.54) is 25.3 Å². The Kier molecular flexibility index (Phi) is 10.6. The average molecular weight is 605 g/mol. The molecule has 1 saturated heterocycles. The Hall–Kier alpha value is -4.10. The number of hydrogen-bond donors (Lipinski definition) is 1. The Balaban J connectivity index is 1.50. The summed E-state index contributed by atoms with van der Waals surface area (Å²) >= 11 is 0. The number of piperidine rings is 1. The van der Waals surface area contributed by atoms with Crippen molar-refractivity contribution in [1.29, 1.82) is 0 Å². The van der Waals surface area contributed by atoms with Crippen molar-refractivity contribution in [2.45, 2.75) is 31.2 Å². The lowest BCUT2D eigenvalue weighted by atomic mass is 9.88. The molecule has 0 aliphatic carbocycles. The van der Waals surface area contributed by atoms with Crippen LogP contribution in [-0.4, -0.2) is 87.4 Å². The first kappa shape index (κ1) is 31.8. The number of carbonyl (C=O) groups excluding carboxylic acids is 3. The van der Waals surface area contributed by atoms with E-state index in [1.54, 1.807) is 13.2 Å².